The van der Waals surface area contributed by atoms with Crippen molar-refractivity contribution >= 4 is 0 Å². The molecule has 0 unspecified atom stereocenters. The average Bonchev–Trinajstić information content (AvgIpc) is 2.54. The van der Waals surface area contributed by atoms with Gasteiger partial charge in [-0.25, -0.2) is 0 Å². The summed E-state index contributed by atoms with van der Waals surface area (Å²) in [6, 6.07) is 0. The van der Waals surface area contributed by atoms with Crippen LogP contribution in [-0.2, 0) is 0 Å². The molecule has 0 radical (unpaired) electrons. The fourth-order valence-corrected chi connectivity index (χ4v) is 2.77. The first kappa shape index (κ1) is 21.9. The minimum atomic E-state index is 1.21. The molecule has 0 aromatic heterocycles. The Labute approximate surface area is 141 Å². The lowest BCUT2D eigenvalue weighted by atomic mass is 10.1. The molecular formula is C20H44N2. The number of hydrogen-bond acceptors (Lipinski definition) is 2. The van der Waals surface area contributed by atoms with Crippen molar-refractivity contribution < 1.29 is 0 Å². The minimum absolute atomic E-state index is 1.21. The maximum atomic E-state index is 3.53. The molecule has 0 aromatic carbocycles. The van der Waals surface area contributed by atoms with Crippen LogP contribution in [-0.4, -0.2) is 26.2 Å². The fourth-order valence-electron chi connectivity index (χ4n) is 2.77. The second-order valence-corrected chi connectivity index (χ2v) is 6.74. The van der Waals surface area contributed by atoms with Crippen LogP contribution in [0, 0.1) is 0 Å². The van der Waals surface area contributed by atoms with Crippen molar-refractivity contribution in [2.75, 3.05) is 26.2 Å². The smallest absolute Gasteiger partial charge is 0.00489 e. The van der Waals surface area contributed by atoms with Crippen LogP contribution in [0.4, 0.5) is 0 Å². The Morgan fingerprint density at radius 2 is 0.636 bits per heavy atom. The normalized spacial score (nSPS) is 11.2. The van der Waals surface area contributed by atoms with Gasteiger partial charge in [0.1, 0.15) is 0 Å². The molecule has 0 spiro atoms. The number of hydrogen-bond donors (Lipinski definition) is 2. The van der Waals surface area contributed by atoms with Crippen molar-refractivity contribution in [3.05, 3.63) is 0 Å². The van der Waals surface area contributed by atoms with Gasteiger partial charge in [0.05, 0.1) is 0 Å². The van der Waals surface area contributed by atoms with Crippen molar-refractivity contribution in [1.29, 1.82) is 0 Å². The van der Waals surface area contributed by atoms with Gasteiger partial charge in [-0.15, -0.1) is 0 Å². The largest absolute Gasteiger partial charge is 0.317 e. The topological polar surface area (TPSA) is 24.1 Å². The van der Waals surface area contributed by atoms with E-state index in [0.29, 0.717) is 0 Å². The summed E-state index contributed by atoms with van der Waals surface area (Å²) < 4.78 is 0. The Bertz CT molecular complexity index is 163. The van der Waals surface area contributed by atoms with Crippen LogP contribution < -0.4 is 10.6 Å². The zero-order valence-corrected chi connectivity index (χ0v) is 15.7. The Kier molecular flexibility index (Phi) is 20.8. The lowest BCUT2D eigenvalue weighted by Gasteiger charge is -2.05. The first-order valence-electron chi connectivity index (χ1n) is 10.3. The molecule has 0 aromatic rings. The summed E-state index contributed by atoms with van der Waals surface area (Å²) in [5, 5.41) is 7.06. The van der Waals surface area contributed by atoms with E-state index in [4.69, 9.17) is 0 Å². The van der Waals surface area contributed by atoms with E-state index in [-0.39, 0.29) is 0 Å². The summed E-state index contributed by atoms with van der Waals surface area (Å²) in [4.78, 5) is 0. The van der Waals surface area contributed by atoms with Gasteiger partial charge in [-0.2, -0.15) is 0 Å². The highest BCUT2D eigenvalue weighted by Gasteiger charge is 1.94. The molecule has 0 aliphatic carbocycles. The van der Waals surface area contributed by atoms with Crippen LogP contribution in [0.25, 0.3) is 0 Å². The van der Waals surface area contributed by atoms with Gasteiger partial charge < -0.3 is 10.6 Å². The van der Waals surface area contributed by atoms with E-state index in [1.807, 2.05) is 0 Å². The van der Waals surface area contributed by atoms with Crippen LogP contribution in [0.3, 0.4) is 0 Å². The summed E-state index contributed by atoms with van der Waals surface area (Å²) in [5.41, 5.74) is 0. The van der Waals surface area contributed by atoms with Crippen LogP contribution in [0.2, 0.25) is 0 Å². The Morgan fingerprint density at radius 3 is 0.955 bits per heavy atom. The average molecular weight is 313 g/mol. The summed E-state index contributed by atoms with van der Waals surface area (Å²) in [5.74, 6) is 0. The van der Waals surface area contributed by atoms with Gasteiger partial charge >= 0.3 is 0 Å². The molecule has 0 saturated heterocycles. The van der Waals surface area contributed by atoms with E-state index >= 15 is 0 Å². The molecule has 134 valence electrons. The standard InChI is InChI=1S/C20H44N2/c1-3-5-17-21-19-15-13-11-9-7-8-10-12-14-16-20-22-18-6-4-2/h21-22H,3-20H2,1-2H3. The van der Waals surface area contributed by atoms with Crippen molar-refractivity contribution in [2.24, 2.45) is 0 Å². The monoisotopic (exact) mass is 312 g/mol. The predicted octanol–water partition coefficient (Wildman–Crippen LogP) is 5.67. The van der Waals surface area contributed by atoms with E-state index < -0.39 is 0 Å². The van der Waals surface area contributed by atoms with E-state index in [0.717, 1.165) is 0 Å². The molecular weight excluding hydrogens is 268 g/mol. The summed E-state index contributed by atoms with van der Waals surface area (Å²) >= 11 is 0. The van der Waals surface area contributed by atoms with Crippen molar-refractivity contribution in [3.63, 3.8) is 0 Å². The third kappa shape index (κ3) is 19.9. The van der Waals surface area contributed by atoms with Crippen molar-refractivity contribution in [3.8, 4) is 0 Å². The highest BCUT2D eigenvalue weighted by Crippen LogP contribution is 2.10. The third-order valence-electron chi connectivity index (χ3n) is 4.37. The molecule has 2 nitrogen and oxygen atoms in total. The molecule has 0 saturated carbocycles. The first-order chi connectivity index (χ1) is 10.9. The van der Waals surface area contributed by atoms with Crippen LogP contribution in [0.1, 0.15) is 104 Å². The highest BCUT2D eigenvalue weighted by atomic mass is 14.8. The molecule has 2 heteroatoms. The molecule has 0 aliphatic rings. The second-order valence-electron chi connectivity index (χ2n) is 6.74. The van der Waals surface area contributed by atoms with Gasteiger partial charge in [0.2, 0.25) is 0 Å². The Hall–Kier alpha value is -0.0800. The zero-order chi connectivity index (χ0) is 16.1. The van der Waals surface area contributed by atoms with Gasteiger partial charge in [0, 0.05) is 0 Å². The SMILES string of the molecule is CCCCNCCCCCCCCCCCCNCCCC. The Balaban J connectivity index is 2.91. The molecule has 22 heavy (non-hydrogen) atoms. The van der Waals surface area contributed by atoms with E-state index in [1.165, 1.54) is 116 Å². The fraction of sp³-hybridized carbons (Fsp3) is 1.00. The zero-order valence-electron chi connectivity index (χ0n) is 15.7. The van der Waals surface area contributed by atoms with Crippen molar-refractivity contribution in [2.45, 2.75) is 104 Å². The lowest BCUT2D eigenvalue weighted by molar-refractivity contribution is 0.529. The van der Waals surface area contributed by atoms with Gasteiger partial charge in [0.25, 0.3) is 0 Å². The molecule has 0 bridgehead atoms. The van der Waals surface area contributed by atoms with Gasteiger partial charge in [-0.3, -0.25) is 0 Å². The van der Waals surface area contributed by atoms with Crippen LogP contribution in [0.15, 0.2) is 0 Å². The number of unbranched alkanes of at least 4 members (excludes halogenated alkanes) is 11. The number of rotatable bonds is 19. The molecule has 0 fully saturated rings. The predicted molar refractivity (Wildman–Crippen MR) is 102 cm³/mol. The Morgan fingerprint density at radius 1 is 0.364 bits per heavy atom. The van der Waals surface area contributed by atoms with E-state index in [1.54, 1.807) is 0 Å². The molecule has 0 heterocycles. The maximum Gasteiger partial charge on any atom is -0.00489 e. The summed E-state index contributed by atoms with van der Waals surface area (Å²) in [6.07, 6.45) is 19.5. The molecule has 0 amide bonds. The van der Waals surface area contributed by atoms with Crippen molar-refractivity contribution in [1.82, 2.24) is 10.6 Å². The summed E-state index contributed by atoms with van der Waals surface area (Å²) in [7, 11) is 0. The van der Waals surface area contributed by atoms with Gasteiger partial charge in [0.15, 0.2) is 0 Å². The molecule has 0 atom stereocenters. The van der Waals surface area contributed by atoms with Gasteiger partial charge in [-0.1, -0.05) is 78.1 Å². The lowest BCUT2D eigenvalue weighted by Crippen LogP contribution is -2.16. The molecule has 0 aliphatic heterocycles. The first-order valence-corrected chi connectivity index (χ1v) is 10.3. The minimum Gasteiger partial charge on any atom is -0.317 e. The molecule has 2 N–H and O–H groups in total. The second kappa shape index (κ2) is 20.9. The van der Waals surface area contributed by atoms with E-state index in [2.05, 4.69) is 24.5 Å². The third-order valence-corrected chi connectivity index (χ3v) is 4.37. The quantitative estimate of drug-likeness (QED) is 0.300. The maximum absolute atomic E-state index is 3.53. The molecule has 0 rings (SSSR count). The summed E-state index contributed by atoms with van der Waals surface area (Å²) in [6.45, 7) is 9.40. The van der Waals surface area contributed by atoms with Gasteiger partial charge in [-0.05, 0) is 51.9 Å². The van der Waals surface area contributed by atoms with Crippen LogP contribution >= 0.6 is 0 Å². The highest BCUT2D eigenvalue weighted by molar-refractivity contribution is 4.52. The number of nitrogens with one attached hydrogen (secondary N) is 2. The van der Waals surface area contributed by atoms with Crippen LogP contribution in [0.5, 0.6) is 0 Å². The van der Waals surface area contributed by atoms with E-state index in [9.17, 15) is 0 Å².